The van der Waals surface area contributed by atoms with Gasteiger partial charge in [-0.2, -0.15) is 0 Å². The van der Waals surface area contributed by atoms with Gasteiger partial charge in [-0.3, -0.25) is 0 Å². The molecule has 0 heterocycles. The second kappa shape index (κ2) is 9.29. The molecular formula is C28H40N2. The van der Waals surface area contributed by atoms with Crippen LogP contribution in [-0.4, -0.2) is 11.9 Å². The van der Waals surface area contributed by atoms with Gasteiger partial charge in [-0.15, -0.1) is 0 Å². The summed E-state index contributed by atoms with van der Waals surface area (Å²) in [7, 11) is 0. The molecule has 0 amide bonds. The van der Waals surface area contributed by atoms with Crippen molar-refractivity contribution >= 4 is 11.9 Å². The highest BCUT2D eigenvalue weighted by atomic mass is 14.6. The van der Waals surface area contributed by atoms with Gasteiger partial charge in [0.15, 0.2) is 0 Å². The van der Waals surface area contributed by atoms with E-state index in [-0.39, 0.29) is 0 Å². The molecule has 2 nitrogen and oxygen atoms in total. The van der Waals surface area contributed by atoms with Crippen molar-refractivity contribution in [3.63, 3.8) is 0 Å². The first-order chi connectivity index (χ1) is 14.0. The van der Waals surface area contributed by atoms with Crippen LogP contribution in [0.4, 0.5) is 0 Å². The van der Waals surface area contributed by atoms with Crippen molar-refractivity contribution in [1.29, 1.82) is 10.8 Å². The molecule has 2 N–H and O–H groups in total. The summed E-state index contributed by atoms with van der Waals surface area (Å²) in [6.07, 6.45) is 1.25. The zero-order valence-electron chi connectivity index (χ0n) is 20.4. The van der Waals surface area contributed by atoms with Gasteiger partial charge in [-0.05, 0) is 64.0 Å². The smallest absolute Gasteiger partial charge is 0.0636 e. The molecule has 0 fully saturated rings. The predicted molar refractivity (Wildman–Crippen MR) is 132 cm³/mol. The summed E-state index contributed by atoms with van der Waals surface area (Å²) in [5.41, 5.74) is 7.24. The molecule has 0 saturated heterocycles. The molecule has 2 aromatic carbocycles. The molecule has 0 aromatic heterocycles. The van der Waals surface area contributed by atoms with Crippen molar-refractivity contribution in [3.05, 3.63) is 69.8 Å². The van der Waals surface area contributed by atoms with E-state index in [1.807, 2.05) is 0 Å². The Morgan fingerprint density at radius 3 is 1.13 bits per heavy atom. The van der Waals surface area contributed by atoms with E-state index >= 15 is 0 Å². The van der Waals surface area contributed by atoms with E-state index in [0.29, 0.717) is 29.4 Å². The monoisotopic (exact) mass is 404 g/mol. The molecule has 0 atom stereocenters. The van der Waals surface area contributed by atoms with Crippen LogP contribution in [0.2, 0.25) is 0 Å². The van der Waals surface area contributed by atoms with Crippen molar-refractivity contribution < 1.29 is 0 Å². The average molecular weight is 405 g/mol. The summed E-state index contributed by atoms with van der Waals surface area (Å²) in [5.74, 6) is 1.35. The van der Waals surface area contributed by atoms with Crippen LogP contribution in [0, 0.1) is 10.8 Å². The molecule has 0 aliphatic rings. The zero-order chi connectivity index (χ0) is 22.8. The fraction of sp³-hybridized carbons (Fsp3) is 0.500. The zero-order valence-corrected chi connectivity index (χ0v) is 20.4. The Balaban J connectivity index is 3.15. The molecule has 0 saturated carbocycles. The first kappa shape index (κ1) is 24.1. The first-order valence-electron chi connectivity index (χ1n) is 11.3. The van der Waals surface area contributed by atoms with E-state index < -0.39 is 5.41 Å². The van der Waals surface area contributed by atoms with E-state index in [4.69, 9.17) is 10.8 Å². The quantitative estimate of drug-likeness (QED) is 0.417. The van der Waals surface area contributed by atoms with Gasteiger partial charge >= 0.3 is 0 Å². The van der Waals surface area contributed by atoms with Crippen molar-refractivity contribution in [2.75, 3.05) is 0 Å². The van der Waals surface area contributed by atoms with E-state index in [2.05, 4.69) is 98.7 Å². The molecule has 0 bridgehead atoms. The molecular weight excluding hydrogens is 364 g/mol. The van der Waals surface area contributed by atoms with Crippen molar-refractivity contribution in [1.82, 2.24) is 0 Å². The highest BCUT2D eigenvalue weighted by Crippen LogP contribution is 2.46. The largest absolute Gasteiger partial charge is 0.307 e. The number of hydrogen-bond acceptors (Lipinski definition) is 2. The Hall–Kier alpha value is -2.22. The van der Waals surface area contributed by atoms with Gasteiger partial charge in [0.05, 0.1) is 11.1 Å². The summed E-state index contributed by atoms with van der Waals surface area (Å²) in [6.45, 7) is 20.0. The maximum Gasteiger partial charge on any atom is 0.0636 e. The Labute approximate surface area is 184 Å². The fourth-order valence-corrected chi connectivity index (χ4v) is 4.80. The number of hydrogen-bond donors (Lipinski definition) is 2. The van der Waals surface area contributed by atoms with Crippen LogP contribution in [0.3, 0.4) is 0 Å². The predicted octanol–water partition coefficient (Wildman–Crippen LogP) is 8.16. The highest BCUT2D eigenvalue weighted by Gasteiger charge is 2.41. The Morgan fingerprint density at radius 1 is 0.667 bits per heavy atom. The molecule has 2 rings (SSSR count). The third kappa shape index (κ3) is 4.15. The third-order valence-corrected chi connectivity index (χ3v) is 6.43. The molecule has 2 aromatic rings. The molecule has 2 heteroatoms. The average Bonchev–Trinajstić information content (AvgIpc) is 2.70. The lowest BCUT2D eigenvalue weighted by atomic mass is 9.63. The lowest BCUT2D eigenvalue weighted by Gasteiger charge is -2.40. The maximum absolute atomic E-state index is 9.07. The van der Waals surface area contributed by atoms with Crippen LogP contribution < -0.4 is 0 Å². The van der Waals surface area contributed by atoms with Gasteiger partial charge in [0.1, 0.15) is 0 Å². The van der Waals surface area contributed by atoms with Gasteiger partial charge in [0.2, 0.25) is 0 Å². The van der Waals surface area contributed by atoms with Gasteiger partial charge in [0, 0.05) is 6.21 Å². The molecule has 0 aliphatic heterocycles. The molecule has 0 unspecified atom stereocenters. The topological polar surface area (TPSA) is 47.7 Å². The number of benzene rings is 2. The van der Waals surface area contributed by atoms with Crippen LogP contribution in [0.15, 0.2) is 36.4 Å². The Bertz CT molecular complexity index is 800. The summed E-state index contributed by atoms with van der Waals surface area (Å²) in [6, 6.07) is 13.2. The second-order valence-electron chi connectivity index (χ2n) is 9.92. The summed E-state index contributed by atoms with van der Waals surface area (Å²) in [5, 5.41) is 17.2. The van der Waals surface area contributed by atoms with Crippen molar-refractivity contribution in [2.24, 2.45) is 0 Å². The van der Waals surface area contributed by atoms with Crippen LogP contribution in [0.25, 0.3) is 0 Å². The van der Waals surface area contributed by atoms with Crippen LogP contribution >= 0.6 is 0 Å². The molecule has 0 aliphatic carbocycles. The van der Waals surface area contributed by atoms with Gasteiger partial charge < -0.3 is 10.8 Å². The second-order valence-corrected chi connectivity index (χ2v) is 9.92. The standard InChI is InChI=1S/C28H40N2/c1-17(2)21-12-10-13-22(18(3)4)26(21)28(9,25(30)16-29)27-23(19(5)6)14-11-15-24(27)20(7)8/h10-20,29-30H,1-9H3. The number of nitrogens with one attached hydrogen (secondary N) is 2. The minimum atomic E-state index is -0.678. The van der Waals surface area contributed by atoms with E-state index in [9.17, 15) is 0 Å². The lowest BCUT2D eigenvalue weighted by Crippen LogP contribution is -2.39. The summed E-state index contributed by atoms with van der Waals surface area (Å²) in [4.78, 5) is 0. The summed E-state index contributed by atoms with van der Waals surface area (Å²) < 4.78 is 0. The minimum absolute atomic E-state index is 0.338. The van der Waals surface area contributed by atoms with E-state index in [0.717, 1.165) is 0 Å². The van der Waals surface area contributed by atoms with Crippen LogP contribution in [0.1, 0.15) is 119 Å². The number of rotatable bonds is 8. The molecule has 0 spiro atoms. The molecule has 0 radical (unpaired) electrons. The summed E-state index contributed by atoms with van der Waals surface area (Å²) >= 11 is 0. The van der Waals surface area contributed by atoms with Gasteiger partial charge in [-0.25, -0.2) is 0 Å². The highest BCUT2D eigenvalue weighted by molar-refractivity contribution is 6.33. The first-order valence-corrected chi connectivity index (χ1v) is 11.3. The molecule has 162 valence electrons. The Kier molecular flexibility index (Phi) is 7.45. The van der Waals surface area contributed by atoms with Gasteiger partial charge in [-0.1, -0.05) is 91.8 Å². The minimum Gasteiger partial charge on any atom is -0.307 e. The van der Waals surface area contributed by atoms with Crippen LogP contribution in [-0.2, 0) is 5.41 Å². The van der Waals surface area contributed by atoms with Crippen LogP contribution in [0.5, 0.6) is 0 Å². The SMILES string of the molecule is CC(C)c1cccc(C(C)C)c1C(C)(C(=N)C=N)c1c(C(C)C)cccc1C(C)C. The van der Waals surface area contributed by atoms with Crippen molar-refractivity contribution in [3.8, 4) is 0 Å². The van der Waals surface area contributed by atoms with Gasteiger partial charge in [0.25, 0.3) is 0 Å². The normalized spacial score (nSPS) is 12.3. The van der Waals surface area contributed by atoms with E-state index in [1.165, 1.54) is 39.6 Å². The fourth-order valence-electron chi connectivity index (χ4n) is 4.80. The lowest BCUT2D eigenvalue weighted by molar-refractivity contribution is 0.668. The maximum atomic E-state index is 9.07. The third-order valence-electron chi connectivity index (χ3n) is 6.43. The Morgan fingerprint density at radius 2 is 0.933 bits per heavy atom. The van der Waals surface area contributed by atoms with Crippen molar-refractivity contribution in [2.45, 2.75) is 91.4 Å². The van der Waals surface area contributed by atoms with E-state index in [1.54, 1.807) is 0 Å². The molecule has 30 heavy (non-hydrogen) atoms.